The molecule has 0 amide bonds. The molecule has 0 aliphatic carbocycles. The Morgan fingerprint density at radius 1 is 0.900 bits per heavy atom. The standard InChI is InChI=1S/C24H20BrN3O.BrH/c1-27-22(19-11-13-21(25)14-12-19)15-28(24(27)26)16-23(29)20-9-7-18(8-10-20)17-5-3-2-4-6-17;/h2-15,26H,16H2,1H3;1H. The Labute approximate surface area is 194 Å². The Hall–Kier alpha value is -2.70. The van der Waals surface area contributed by atoms with Crippen LogP contribution in [0.3, 0.4) is 0 Å². The van der Waals surface area contributed by atoms with Crippen molar-refractivity contribution < 1.29 is 26.3 Å². The number of nitrogen functional groups attached to an aromatic ring is 1. The SMILES string of the molecule is Cn1c(-c2ccc(Br)cc2)c[n+](CC(=O)c2ccc(-c3ccccc3)cc2)c1N.[Br-]. The van der Waals surface area contributed by atoms with E-state index in [2.05, 4.69) is 28.1 Å². The van der Waals surface area contributed by atoms with Crippen molar-refractivity contribution >= 4 is 27.7 Å². The number of anilines is 1. The first-order valence-corrected chi connectivity index (χ1v) is 10.1. The molecule has 0 saturated heterocycles. The van der Waals surface area contributed by atoms with Gasteiger partial charge in [-0.2, -0.15) is 0 Å². The lowest BCUT2D eigenvalue weighted by molar-refractivity contribution is -0.667. The third-order valence-electron chi connectivity index (χ3n) is 5.05. The first kappa shape index (κ1) is 22.0. The molecule has 0 bridgehead atoms. The predicted molar refractivity (Wildman–Crippen MR) is 119 cm³/mol. The van der Waals surface area contributed by atoms with Crippen LogP contribution in [0.2, 0.25) is 0 Å². The number of nitrogens with zero attached hydrogens (tertiary/aromatic N) is 2. The average Bonchev–Trinajstić information content (AvgIpc) is 3.03. The molecule has 4 aromatic rings. The molecule has 2 N–H and O–H groups in total. The molecule has 0 atom stereocenters. The van der Waals surface area contributed by atoms with Crippen molar-refractivity contribution in [3.63, 3.8) is 0 Å². The van der Waals surface area contributed by atoms with E-state index in [-0.39, 0.29) is 29.3 Å². The minimum absolute atomic E-state index is 0. The Balaban J connectivity index is 0.00000256. The van der Waals surface area contributed by atoms with Crippen LogP contribution < -0.4 is 27.3 Å². The van der Waals surface area contributed by atoms with Crippen LogP contribution in [0.4, 0.5) is 5.95 Å². The molecular formula is C24H21Br2N3O. The van der Waals surface area contributed by atoms with E-state index in [9.17, 15) is 4.79 Å². The van der Waals surface area contributed by atoms with Crippen molar-refractivity contribution in [1.29, 1.82) is 0 Å². The number of carbonyl (C=O) groups is 1. The summed E-state index contributed by atoms with van der Waals surface area (Å²) in [5.74, 6) is 0.562. The van der Waals surface area contributed by atoms with Gasteiger partial charge in [-0.25, -0.2) is 9.13 Å². The fourth-order valence-corrected chi connectivity index (χ4v) is 3.62. The number of Topliss-reactive ketones (excluding diaryl/α,β-unsaturated/α-hetero) is 1. The molecule has 1 heterocycles. The fraction of sp³-hybridized carbons (Fsp3) is 0.0833. The number of benzene rings is 3. The maximum Gasteiger partial charge on any atom is 0.355 e. The van der Waals surface area contributed by atoms with Gasteiger partial charge in [-0.3, -0.25) is 10.5 Å². The first-order chi connectivity index (χ1) is 14.0. The highest BCUT2D eigenvalue weighted by atomic mass is 79.9. The van der Waals surface area contributed by atoms with Gasteiger partial charge in [0.25, 0.3) is 0 Å². The highest BCUT2D eigenvalue weighted by molar-refractivity contribution is 9.10. The van der Waals surface area contributed by atoms with Gasteiger partial charge in [0.15, 0.2) is 5.78 Å². The van der Waals surface area contributed by atoms with Gasteiger partial charge in [0, 0.05) is 15.6 Å². The monoisotopic (exact) mass is 525 g/mol. The van der Waals surface area contributed by atoms with Gasteiger partial charge in [0.05, 0.1) is 7.05 Å². The molecule has 0 saturated carbocycles. The molecule has 6 heteroatoms. The van der Waals surface area contributed by atoms with E-state index in [1.807, 2.05) is 84.5 Å². The fourth-order valence-electron chi connectivity index (χ4n) is 3.36. The second-order valence-corrected chi connectivity index (χ2v) is 7.85. The lowest BCUT2D eigenvalue weighted by Gasteiger charge is -2.04. The van der Waals surface area contributed by atoms with Gasteiger partial charge < -0.3 is 17.0 Å². The van der Waals surface area contributed by atoms with Gasteiger partial charge in [-0.1, -0.05) is 82.7 Å². The van der Waals surface area contributed by atoms with Crippen LogP contribution in [0.1, 0.15) is 10.4 Å². The van der Waals surface area contributed by atoms with Crippen molar-refractivity contribution in [2.45, 2.75) is 6.54 Å². The zero-order valence-corrected chi connectivity index (χ0v) is 19.6. The molecule has 1 aromatic heterocycles. The zero-order chi connectivity index (χ0) is 20.4. The molecule has 0 fully saturated rings. The summed E-state index contributed by atoms with van der Waals surface area (Å²) in [6.45, 7) is 0.195. The van der Waals surface area contributed by atoms with E-state index in [1.165, 1.54) is 0 Å². The summed E-state index contributed by atoms with van der Waals surface area (Å²) in [6.07, 6.45) is 1.93. The number of rotatable bonds is 5. The molecular weight excluding hydrogens is 506 g/mol. The lowest BCUT2D eigenvalue weighted by Crippen LogP contribution is -3.00. The van der Waals surface area contributed by atoms with Crippen molar-refractivity contribution in [1.82, 2.24) is 4.57 Å². The highest BCUT2D eigenvalue weighted by Crippen LogP contribution is 2.23. The molecule has 0 radical (unpaired) electrons. The van der Waals surface area contributed by atoms with Gasteiger partial charge in [0.2, 0.25) is 0 Å². The van der Waals surface area contributed by atoms with Crippen LogP contribution in [0.15, 0.2) is 89.5 Å². The average molecular weight is 527 g/mol. The third-order valence-corrected chi connectivity index (χ3v) is 5.57. The van der Waals surface area contributed by atoms with Gasteiger partial charge in [-0.15, -0.1) is 0 Å². The minimum atomic E-state index is 0. The first-order valence-electron chi connectivity index (χ1n) is 9.32. The van der Waals surface area contributed by atoms with E-state index in [4.69, 9.17) is 5.73 Å². The molecule has 0 unspecified atom stereocenters. The van der Waals surface area contributed by atoms with Crippen LogP contribution in [0.25, 0.3) is 22.4 Å². The Morgan fingerprint density at radius 3 is 2.10 bits per heavy atom. The number of aromatic nitrogens is 2. The number of imidazole rings is 1. The van der Waals surface area contributed by atoms with Crippen LogP contribution in [0.5, 0.6) is 0 Å². The predicted octanol–water partition coefficient (Wildman–Crippen LogP) is 1.88. The van der Waals surface area contributed by atoms with Gasteiger partial charge >= 0.3 is 5.95 Å². The summed E-state index contributed by atoms with van der Waals surface area (Å²) in [6, 6.07) is 25.8. The number of nitrogens with two attached hydrogens (primary N) is 1. The summed E-state index contributed by atoms with van der Waals surface area (Å²) in [5, 5.41) is 0. The van der Waals surface area contributed by atoms with Crippen molar-refractivity contribution in [2.75, 3.05) is 5.73 Å². The molecule has 0 aliphatic rings. The van der Waals surface area contributed by atoms with Crippen molar-refractivity contribution in [2.24, 2.45) is 7.05 Å². The van der Waals surface area contributed by atoms with E-state index in [1.54, 1.807) is 4.57 Å². The Morgan fingerprint density at radius 2 is 1.47 bits per heavy atom. The Kier molecular flexibility index (Phi) is 6.90. The molecule has 30 heavy (non-hydrogen) atoms. The molecule has 4 nitrogen and oxygen atoms in total. The van der Waals surface area contributed by atoms with E-state index >= 15 is 0 Å². The molecule has 0 spiro atoms. The zero-order valence-electron chi connectivity index (χ0n) is 16.4. The van der Waals surface area contributed by atoms with E-state index in [0.717, 1.165) is 26.9 Å². The maximum absolute atomic E-state index is 12.8. The van der Waals surface area contributed by atoms with E-state index < -0.39 is 0 Å². The van der Waals surface area contributed by atoms with Crippen LogP contribution in [0, 0.1) is 0 Å². The summed E-state index contributed by atoms with van der Waals surface area (Å²) >= 11 is 3.45. The Bertz CT molecular complexity index is 1150. The number of halogens is 2. The maximum atomic E-state index is 12.8. The molecule has 152 valence electrons. The summed E-state index contributed by atoms with van der Waals surface area (Å²) in [5.41, 5.74) is 11.2. The van der Waals surface area contributed by atoms with E-state index in [0.29, 0.717) is 11.5 Å². The van der Waals surface area contributed by atoms with Crippen LogP contribution in [-0.2, 0) is 13.6 Å². The normalized spacial score (nSPS) is 10.5. The second-order valence-electron chi connectivity index (χ2n) is 6.93. The van der Waals surface area contributed by atoms with Gasteiger partial charge in [0.1, 0.15) is 18.4 Å². The van der Waals surface area contributed by atoms with Crippen molar-refractivity contribution in [3.8, 4) is 22.4 Å². The topological polar surface area (TPSA) is 51.9 Å². The number of hydrogen-bond acceptors (Lipinski definition) is 2. The number of carbonyl (C=O) groups excluding carboxylic acids is 1. The summed E-state index contributed by atoms with van der Waals surface area (Å²) < 4.78 is 4.71. The third kappa shape index (κ3) is 4.55. The number of ketones is 1. The minimum Gasteiger partial charge on any atom is -1.00 e. The molecule has 4 rings (SSSR count). The quantitative estimate of drug-likeness (QED) is 0.319. The smallest absolute Gasteiger partial charge is 0.355 e. The van der Waals surface area contributed by atoms with Crippen LogP contribution >= 0.6 is 15.9 Å². The van der Waals surface area contributed by atoms with Crippen LogP contribution in [-0.4, -0.2) is 10.4 Å². The number of hydrogen-bond donors (Lipinski definition) is 1. The van der Waals surface area contributed by atoms with Gasteiger partial charge in [-0.05, 0) is 23.3 Å². The molecule has 0 aliphatic heterocycles. The second kappa shape index (κ2) is 9.41. The molecule has 3 aromatic carbocycles. The lowest BCUT2D eigenvalue weighted by atomic mass is 10.0. The summed E-state index contributed by atoms with van der Waals surface area (Å²) in [7, 11) is 1.91. The highest BCUT2D eigenvalue weighted by Gasteiger charge is 2.20. The largest absolute Gasteiger partial charge is 1.00 e. The van der Waals surface area contributed by atoms with Crippen molar-refractivity contribution in [3.05, 3.63) is 95.1 Å². The summed E-state index contributed by atoms with van der Waals surface area (Å²) in [4.78, 5) is 12.8.